The summed E-state index contributed by atoms with van der Waals surface area (Å²) >= 11 is 0. The molecule has 2 aromatic rings. The van der Waals surface area contributed by atoms with Gasteiger partial charge >= 0.3 is 0 Å². The number of hydrogen-bond donors (Lipinski definition) is 2. The molecule has 0 aromatic heterocycles. The minimum absolute atomic E-state index is 0.596. The highest BCUT2D eigenvalue weighted by atomic mass is 14.9. The van der Waals surface area contributed by atoms with Crippen LogP contribution >= 0.6 is 0 Å². The second kappa shape index (κ2) is 9.90. The van der Waals surface area contributed by atoms with Crippen molar-refractivity contribution >= 4 is 11.4 Å². The van der Waals surface area contributed by atoms with Crippen LogP contribution in [-0.4, -0.2) is 6.04 Å². The fourth-order valence-corrected chi connectivity index (χ4v) is 5.80. The number of para-hydroxylation sites is 1. The van der Waals surface area contributed by atoms with Crippen molar-refractivity contribution in [3.8, 4) is 0 Å². The van der Waals surface area contributed by atoms with E-state index in [2.05, 4.69) is 67.8 Å². The number of rotatable bonds is 7. The Morgan fingerprint density at radius 1 is 0.933 bits per heavy atom. The van der Waals surface area contributed by atoms with Crippen LogP contribution in [0.1, 0.15) is 93.4 Å². The number of nitrogens with one attached hydrogen (secondary N) is 2. The fourth-order valence-electron chi connectivity index (χ4n) is 5.80. The van der Waals surface area contributed by atoms with Crippen LogP contribution in [0.15, 0.2) is 36.4 Å². The summed E-state index contributed by atoms with van der Waals surface area (Å²) in [4.78, 5) is 0. The van der Waals surface area contributed by atoms with Gasteiger partial charge in [-0.25, -0.2) is 0 Å². The molecule has 0 saturated heterocycles. The Balaban J connectivity index is 1.47. The minimum Gasteiger partial charge on any atom is -0.382 e. The lowest BCUT2D eigenvalue weighted by molar-refractivity contribution is 0.313. The van der Waals surface area contributed by atoms with E-state index in [0.29, 0.717) is 12.0 Å². The molecular formula is C28H40N2. The molecule has 2 aliphatic rings. The van der Waals surface area contributed by atoms with Crippen molar-refractivity contribution in [1.82, 2.24) is 0 Å². The SMILES string of the molecule is CCC(Nc1ccccc1CNc1ccc2c(c1C)CCCC2C)C1CCCCC1. The maximum absolute atomic E-state index is 3.93. The largest absolute Gasteiger partial charge is 0.382 e. The Bertz CT molecular complexity index is 835. The van der Waals surface area contributed by atoms with Gasteiger partial charge in [0, 0.05) is 24.0 Å². The van der Waals surface area contributed by atoms with E-state index in [4.69, 9.17) is 0 Å². The summed E-state index contributed by atoms with van der Waals surface area (Å²) in [6.07, 6.45) is 12.1. The van der Waals surface area contributed by atoms with Crippen LogP contribution in [0.25, 0.3) is 0 Å². The third-order valence-corrected chi connectivity index (χ3v) is 7.72. The first-order chi connectivity index (χ1) is 14.7. The van der Waals surface area contributed by atoms with Crippen LogP contribution in [-0.2, 0) is 13.0 Å². The highest BCUT2D eigenvalue weighted by Gasteiger charge is 2.23. The second-order valence-electron chi connectivity index (χ2n) is 9.67. The first-order valence-electron chi connectivity index (χ1n) is 12.4. The molecule has 2 atom stereocenters. The Kier molecular flexibility index (Phi) is 7.02. The van der Waals surface area contributed by atoms with Crippen LogP contribution < -0.4 is 10.6 Å². The Labute approximate surface area is 183 Å². The average Bonchev–Trinajstić information content (AvgIpc) is 2.79. The summed E-state index contributed by atoms with van der Waals surface area (Å²) in [5.41, 5.74) is 8.61. The van der Waals surface area contributed by atoms with Crippen molar-refractivity contribution in [3.63, 3.8) is 0 Å². The quantitative estimate of drug-likeness (QED) is 0.491. The number of hydrogen-bond acceptors (Lipinski definition) is 2. The van der Waals surface area contributed by atoms with Crippen molar-refractivity contribution < 1.29 is 0 Å². The summed E-state index contributed by atoms with van der Waals surface area (Å²) < 4.78 is 0. The normalized spacial score (nSPS) is 20.4. The molecule has 2 nitrogen and oxygen atoms in total. The lowest BCUT2D eigenvalue weighted by Crippen LogP contribution is -2.30. The molecule has 2 unspecified atom stereocenters. The Morgan fingerprint density at radius 2 is 1.73 bits per heavy atom. The standard InChI is InChI=1S/C28H40N2/c1-4-26(22-12-6-5-7-13-22)30-28-16-9-8-14-23(28)19-29-27-18-17-24-20(2)11-10-15-25(24)21(27)3/h8-9,14,16-18,20,22,26,29-30H,4-7,10-13,15,19H2,1-3H3. The molecule has 30 heavy (non-hydrogen) atoms. The van der Waals surface area contributed by atoms with Gasteiger partial charge in [0.25, 0.3) is 0 Å². The van der Waals surface area contributed by atoms with Gasteiger partial charge in [-0.05, 0) is 91.7 Å². The van der Waals surface area contributed by atoms with E-state index in [0.717, 1.165) is 12.5 Å². The van der Waals surface area contributed by atoms with E-state index in [9.17, 15) is 0 Å². The lowest BCUT2D eigenvalue weighted by Gasteiger charge is -2.31. The second-order valence-corrected chi connectivity index (χ2v) is 9.67. The maximum atomic E-state index is 3.93. The summed E-state index contributed by atoms with van der Waals surface area (Å²) in [5, 5.41) is 7.70. The van der Waals surface area contributed by atoms with E-state index >= 15 is 0 Å². The van der Waals surface area contributed by atoms with Crippen LogP contribution in [0, 0.1) is 12.8 Å². The molecule has 1 saturated carbocycles. The molecule has 2 N–H and O–H groups in total. The molecule has 0 amide bonds. The van der Waals surface area contributed by atoms with E-state index in [-0.39, 0.29) is 0 Å². The van der Waals surface area contributed by atoms with Gasteiger partial charge in [0.2, 0.25) is 0 Å². The van der Waals surface area contributed by atoms with Crippen molar-refractivity contribution in [2.45, 2.75) is 97.1 Å². The maximum Gasteiger partial charge on any atom is 0.0421 e. The van der Waals surface area contributed by atoms with Crippen LogP contribution in [0.4, 0.5) is 11.4 Å². The number of fused-ring (bicyclic) bond motifs is 1. The molecule has 0 aliphatic heterocycles. The predicted octanol–water partition coefficient (Wildman–Crippen LogP) is 7.82. The van der Waals surface area contributed by atoms with E-state index in [1.165, 1.54) is 80.3 Å². The summed E-state index contributed by atoms with van der Waals surface area (Å²) in [7, 11) is 0. The molecule has 2 heteroatoms. The molecule has 2 aliphatic carbocycles. The highest BCUT2D eigenvalue weighted by Crippen LogP contribution is 2.36. The topological polar surface area (TPSA) is 24.1 Å². The van der Waals surface area contributed by atoms with Gasteiger partial charge in [0.1, 0.15) is 0 Å². The smallest absolute Gasteiger partial charge is 0.0421 e. The Hall–Kier alpha value is -1.96. The van der Waals surface area contributed by atoms with Gasteiger partial charge in [-0.2, -0.15) is 0 Å². The molecule has 1 fully saturated rings. The van der Waals surface area contributed by atoms with Gasteiger partial charge in [0.15, 0.2) is 0 Å². The molecule has 2 aromatic carbocycles. The highest BCUT2D eigenvalue weighted by molar-refractivity contribution is 5.60. The fraction of sp³-hybridized carbons (Fsp3) is 0.571. The van der Waals surface area contributed by atoms with Gasteiger partial charge in [-0.15, -0.1) is 0 Å². The van der Waals surface area contributed by atoms with Crippen molar-refractivity contribution in [1.29, 1.82) is 0 Å². The lowest BCUT2D eigenvalue weighted by atomic mass is 9.81. The molecule has 0 bridgehead atoms. The van der Waals surface area contributed by atoms with Crippen LogP contribution in [0.5, 0.6) is 0 Å². The number of anilines is 2. The van der Waals surface area contributed by atoms with Crippen molar-refractivity contribution in [2.75, 3.05) is 10.6 Å². The Morgan fingerprint density at radius 3 is 2.53 bits per heavy atom. The third-order valence-electron chi connectivity index (χ3n) is 7.72. The van der Waals surface area contributed by atoms with Gasteiger partial charge in [0.05, 0.1) is 0 Å². The molecule has 0 spiro atoms. The van der Waals surface area contributed by atoms with E-state index < -0.39 is 0 Å². The molecule has 162 valence electrons. The van der Waals surface area contributed by atoms with Crippen molar-refractivity contribution in [3.05, 3.63) is 58.7 Å². The van der Waals surface area contributed by atoms with E-state index in [1.807, 2.05) is 0 Å². The first-order valence-corrected chi connectivity index (χ1v) is 12.4. The van der Waals surface area contributed by atoms with Gasteiger partial charge in [-0.3, -0.25) is 0 Å². The van der Waals surface area contributed by atoms with Gasteiger partial charge in [-0.1, -0.05) is 57.4 Å². The predicted molar refractivity (Wildman–Crippen MR) is 131 cm³/mol. The molecule has 0 radical (unpaired) electrons. The zero-order valence-corrected chi connectivity index (χ0v) is 19.3. The van der Waals surface area contributed by atoms with E-state index in [1.54, 1.807) is 11.1 Å². The summed E-state index contributed by atoms with van der Waals surface area (Å²) in [6.45, 7) is 7.90. The summed E-state index contributed by atoms with van der Waals surface area (Å²) in [6, 6.07) is 14.2. The minimum atomic E-state index is 0.596. The third kappa shape index (κ3) is 4.68. The van der Waals surface area contributed by atoms with Gasteiger partial charge < -0.3 is 10.6 Å². The monoisotopic (exact) mass is 404 g/mol. The zero-order chi connectivity index (χ0) is 20.9. The average molecular weight is 405 g/mol. The number of benzene rings is 2. The molecule has 0 heterocycles. The van der Waals surface area contributed by atoms with Crippen LogP contribution in [0.3, 0.4) is 0 Å². The van der Waals surface area contributed by atoms with Crippen LogP contribution in [0.2, 0.25) is 0 Å². The molecular weight excluding hydrogens is 364 g/mol. The zero-order valence-electron chi connectivity index (χ0n) is 19.3. The van der Waals surface area contributed by atoms with Crippen molar-refractivity contribution in [2.24, 2.45) is 5.92 Å². The summed E-state index contributed by atoms with van der Waals surface area (Å²) in [5.74, 6) is 1.53. The first kappa shape index (κ1) is 21.3. The molecule has 4 rings (SSSR count).